The molecule has 0 bridgehead atoms. The van der Waals surface area contributed by atoms with Crippen molar-refractivity contribution in [3.05, 3.63) is 29.3 Å². The Hall–Kier alpha value is -1.91. The van der Waals surface area contributed by atoms with E-state index in [2.05, 4.69) is 0 Å². The minimum atomic E-state index is -4.65. The van der Waals surface area contributed by atoms with Crippen LogP contribution in [0.3, 0.4) is 0 Å². The second-order valence-corrected chi connectivity index (χ2v) is 3.81. The minimum Gasteiger partial charge on any atom is -0.365 e. The van der Waals surface area contributed by atoms with Crippen molar-refractivity contribution in [3.8, 4) is 6.07 Å². The molecule has 8 heteroatoms. The molecule has 1 aromatic rings. The lowest BCUT2D eigenvalue weighted by Crippen LogP contribution is -2.31. The van der Waals surface area contributed by atoms with Gasteiger partial charge in [-0.3, -0.25) is 0 Å². The van der Waals surface area contributed by atoms with Gasteiger partial charge in [0.2, 0.25) is 0 Å². The fraction of sp³-hybridized carbons (Fsp3) is 0.364. The number of alkyl halides is 6. The van der Waals surface area contributed by atoms with Gasteiger partial charge in [-0.1, -0.05) is 0 Å². The van der Waals surface area contributed by atoms with Crippen LogP contribution in [0.4, 0.5) is 32.0 Å². The Morgan fingerprint density at radius 3 is 2.16 bits per heavy atom. The fourth-order valence-electron chi connectivity index (χ4n) is 1.49. The van der Waals surface area contributed by atoms with Crippen molar-refractivity contribution in [2.75, 3.05) is 18.5 Å². The van der Waals surface area contributed by atoms with Gasteiger partial charge in [0.25, 0.3) is 0 Å². The predicted molar refractivity (Wildman–Crippen MR) is 55.5 cm³/mol. The normalized spacial score (nSPS) is 12.1. The molecule has 0 saturated carbocycles. The van der Waals surface area contributed by atoms with Crippen molar-refractivity contribution in [1.29, 1.82) is 5.26 Å². The third-order valence-corrected chi connectivity index (χ3v) is 2.27. The van der Waals surface area contributed by atoms with Gasteiger partial charge in [-0.05, 0) is 18.2 Å². The molecule has 0 spiro atoms. The maximum Gasteiger partial charge on any atom is 0.416 e. The predicted octanol–water partition coefficient (Wildman–Crippen LogP) is 3.58. The van der Waals surface area contributed by atoms with Gasteiger partial charge >= 0.3 is 12.4 Å². The summed E-state index contributed by atoms with van der Waals surface area (Å²) in [7, 11) is 1.05. The van der Waals surface area contributed by atoms with Gasteiger partial charge in [0.1, 0.15) is 12.6 Å². The molecule has 0 radical (unpaired) electrons. The van der Waals surface area contributed by atoms with E-state index in [1.807, 2.05) is 0 Å². The first-order valence-electron chi connectivity index (χ1n) is 4.94. The summed E-state index contributed by atoms with van der Waals surface area (Å²) in [6.07, 6.45) is -9.16. The second-order valence-electron chi connectivity index (χ2n) is 3.81. The summed E-state index contributed by atoms with van der Waals surface area (Å²) in [4.78, 5) is 0.679. The zero-order valence-electron chi connectivity index (χ0n) is 9.60. The zero-order chi connectivity index (χ0) is 14.8. The van der Waals surface area contributed by atoms with Crippen molar-refractivity contribution in [2.45, 2.75) is 12.4 Å². The van der Waals surface area contributed by atoms with Crippen LogP contribution in [0, 0.1) is 11.3 Å². The molecule has 2 nitrogen and oxygen atoms in total. The van der Waals surface area contributed by atoms with Crippen LogP contribution in [-0.4, -0.2) is 19.8 Å². The maximum atomic E-state index is 12.4. The van der Waals surface area contributed by atoms with Crippen LogP contribution in [0.5, 0.6) is 0 Å². The van der Waals surface area contributed by atoms with E-state index < -0.39 is 30.0 Å². The number of anilines is 1. The van der Waals surface area contributed by atoms with Crippen molar-refractivity contribution >= 4 is 5.69 Å². The Kier molecular flexibility index (Phi) is 3.98. The first kappa shape index (κ1) is 15.1. The van der Waals surface area contributed by atoms with Crippen molar-refractivity contribution < 1.29 is 26.3 Å². The molecule has 0 N–H and O–H groups in total. The smallest absolute Gasteiger partial charge is 0.365 e. The summed E-state index contributed by atoms with van der Waals surface area (Å²) in [5.41, 5.74) is -1.73. The van der Waals surface area contributed by atoms with Gasteiger partial charge < -0.3 is 4.90 Å². The van der Waals surface area contributed by atoms with Crippen molar-refractivity contribution in [2.24, 2.45) is 0 Å². The number of hydrogen-bond acceptors (Lipinski definition) is 2. The Labute approximate surface area is 104 Å². The molecule has 0 saturated heterocycles. The van der Waals surface area contributed by atoms with Crippen molar-refractivity contribution in [1.82, 2.24) is 0 Å². The third kappa shape index (κ3) is 4.05. The number of nitriles is 1. The number of benzene rings is 1. The van der Waals surface area contributed by atoms with Crippen LogP contribution in [0.15, 0.2) is 18.2 Å². The van der Waals surface area contributed by atoms with Crippen molar-refractivity contribution in [3.63, 3.8) is 0 Å². The molecule has 19 heavy (non-hydrogen) atoms. The molecular weight excluding hydrogens is 274 g/mol. The summed E-state index contributed by atoms with van der Waals surface area (Å²) in [5.74, 6) is 0. The minimum absolute atomic E-state index is 0.201. The highest BCUT2D eigenvalue weighted by molar-refractivity contribution is 5.60. The van der Waals surface area contributed by atoms with Crippen LogP contribution in [-0.2, 0) is 6.18 Å². The number of nitrogens with zero attached hydrogens (tertiary/aromatic N) is 2. The van der Waals surface area contributed by atoms with Gasteiger partial charge in [-0.2, -0.15) is 31.6 Å². The average molecular weight is 282 g/mol. The zero-order valence-corrected chi connectivity index (χ0v) is 9.60. The highest BCUT2D eigenvalue weighted by Gasteiger charge is 2.33. The van der Waals surface area contributed by atoms with Gasteiger partial charge in [0.15, 0.2) is 0 Å². The Morgan fingerprint density at radius 2 is 1.74 bits per heavy atom. The molecule has 0 aromatic heterocycles. The van der Waals surface area contributed by atoms with E-state index in [1.165, 1.54) is 6.07 Å². The quantitative estimate of drug-likeness (QED) is 0.775. The van der Waals surface area contributed by atoms with Gasteiger partial charge in [0, 0.05) is 7.05 Å². The Bertz CT molecular complexity index is 497. The lowest BCUT2D eigenvalue weighted by Gasteiger charge is -2.22. The molecule has 0 unspecified atom stereocenters. The first-order valence-corrected chi connectivity index (χ1v) is 4.94. The van der Waals surface area contributed by atoms with E-state index in [9.17, 15) is 26.3 Å². The molecular formula is C11H8F6N2. The first-order chi connectivity index (χ1) is 8.54. The largest absolute Gasteiger partial charge is 0.416 e. The summed E-state index contributed by atoms with van der Waals surface area (Å²) in [6.45, 7) is -1.35. The van der Waals surface area contributed by atoms with E-state index >= 15 is 0 Å². The summed E-state index contributed by atoms with van der Waals surface area (Å²) >= 11 is 0. The Balaban J connectivity index is 3.14. The van der Waals surface area contributed by atoms with E-state index in [-0.39, 0.29) is 5.69 Å². The molecule has 0 aliphatic heterocycles. The second kappa shape index (κ2) is 4.99. The highest BCUT2D eigenvalue weighted by Crippen LogP contribution is 2.33. The van der Waals surface area contributed by atoms with E-state index in [4.69, 9.17) is 5.26 Å². The van der Waals surface area contributed by atoms with Crippen LogP contribution in [0.25, 0.3) is 0 Å². The maximum absolute atomic E-state index is 12.4. The number of hydrogen-bond donors (Lipinski definition) is 0. The summed E-state index contributed by atoms with van der Waals surface area (Å²) in [6, 6.07) is 3.49. The topological polar surface area (TPSA) is 27.0 Å². The van der Waals surface area contributed by atoms with Crippen LogP contribution in [0.2, 0.25) is 0 Å². The molecule has 0 atom stereocenters. The molecule has 1 aromatic carbocycles. The highest BCUT2D eigenvalue weighted by atomic mass is 19.4. The lowest BCUT2D eigenvalue weighted by molar-refractivity contribution is -0.137. The molecule has 104 valence electrons. The molecule has 0 amide bonds. The molecule has 0 heterocycles. The Morgan fingerprint density at radius 1 is 1.16 bits per heavy atom. The van der Waals surface area contributed by atoms with E-state index in [0.717, 1.165) is 13.1 Å². The van der Waals surface area contributed by atoms with Crippen LogP contribution < -0.4 is 4.90 Å². The summed E-state index contributed by atoms with van der Waals surface area (Å²) in [5, 5.41) is 8.73. The molecule has 1 rings (SSSR count). The molecule has 0 fully saturated rings. The van der Waals surface area contributed by atoms with Gasteiger partial charge in [-0.15, -0.1) is 0 Å². The molecule has 0 aliphatic carbocycles. The average Bonchev–Trinajstić information content (AvgIpc) is 2.24. The van der Waals surface area contributed by atoms with Gasteiger partial charge in [0.05, 0.1) is 16.8 Å². The lowest BCUT2D eigenvalue weighted by atomic mass is 10.1. The van der Waals surface area contributed by atoms with Crippen LogP contribution in [0.1, 0.15) is 11.1 Å². The SMILES string of the molecule is CN(CC(F)(F)F)c1ccc(C(F)(F)F)cc1C#N. The monoisotopic (exact) mass is 282 g/mol. The molecule has 0 aliphatic rings. The van der Waals surface area contributed by atoms with E-state index in [0.29, 0.717) is 17.0 Å². The fourth-order valence-corrected chi connectivity index (χ4v) is 1.49. The van der Waals surface area contributed by atoms with Crippen LogP contribution >= 0.6 is 0 Å². The summed E-state index contributed by atoms with van der Waals surface area (Å²) < 4.78 is 73.8. The standard InChI is InChI=1S/C11H8F6N2/c1-19(6-10(12,13)14)9-3-2-8(11(15,16)17)4-7(9)5-18/h2-4H,6H2,1H3. The number of rotatable bonds is 2. The third-order valence-electron chi connectivity index (χ3n) is 2.27. The van der Waals surface area contributed by atoms with E-state index in [1.54, 1.807) is 0 Å². The number of halogens is 6. The van der Waals surface area contributed by atoms with Gasteiger partial charge in [-0.25, -0.2) is 0 Å².